The molecule has 220 valence electrons. The third-order valence-corrected chi connectivity index (χ3v) is 6.54. The van der Waals surface area contributed by atoms with Gasteiger partial charge in [-0.3, -0.25) is 9.59 Å². The Morgan fingerprint density at radius 1 is 0.683 bits per heavy atom. The number of carbonyl (C=O) groups is 4. The molecule has 1 heterocycles. The number of ether oxygens (including phenoxy) is 6. The van der Waals surface area contributed by atoms with Crippen LogP contribution in [0.15, 0.2) is 60.7 Å². The maximum absolute atomic E-state index is 13.2. The molecule has 2 aromatic carbocycles. The van der Waals surface area contributed by atoms with E-state index in [1.807, 2.05) is 0 Å². The van der Waals surface area contributed by atoms with Crippen LogP contribution in [-0.4, -0.2) is 76.5 Å². The number of fused-ring (bicyclic) bond motifs is 1. The molecule has 41 heavy (non-hydrogen) atoms. The summed E-state index contributed by atoms with van der Waals surface area (Å²) in [5, 5.41) is 22.2. The molecule has 12 heteroatoms. The summed E-state index contributed by atoms with van der Waals surface area (Å²) in [4.78, 5) is 49.9. The van der Waals surface area contributed by atoms with E-state index in [-0.39, 0.29) is 0 Å². The first-order chi connectivity index (χ1) is 19.4. The highest BCUT2D eigenvalue weighted by Crippen LogP contribution is 2.41. The van der Waals surface area contributed by atoms with Gasteiger partial charge in [-0.2, -0.15) is 0 Å². The van der Waals surface area contributed by atoms with Gasteiger partial charge in [0.25, 0.3) is 0 Å². The third kappa shape index (κ3) is 6.91. The molecule has 2 aliphatic rings. The van der Waals surface area contributed by atoms with Crippen molar-refractivity contribution in [1.29, 1.82) is 0 Å². The SMILES string of the molecule is CC(=O)O[C@H](C(=O)O[C@@H]1[C@@H](O)[C@H](O)[C@@H](OC(=O)[C@@H](OC(C)=O)c2ccccc2)[C@H]2OC(C)(C)O[C@H]21)c1ccccc1. The minimum Gasteiger partial charge on any atom is -0.454 e. The quantitative estimate of drug-likeness (QED) is 0.348. The van der Waals surface area contributed by atoms with E-state index in [0.717, 1.165) is 13.8 Å². The van der Waals surface area contributed by atoms with Crippen molar-refractivity contribution in [2.24, 2.45) is 0 Å². The number of aliphatic hydroxyl groups excluding tert-OH is 2. The summed E-state index contributed by atoms with van der Waals surface area (Å²) in [5.41, 5.74) is 0.645. The Bertz CT molecular complexity index is 1150. The first kappa shape index (κ1) is 30.1. The molecule has 0 unspecified atom stereocenters. The van der Waals surface area contributed by atoms with Crippen LogP contribution >= 0.6 is 0 Å². The van der Waals surface area contributed by atoms with Crippen LogP contribution in [0.25, 0.3) is 0 Å². The summed E-state index contributed by atoms with van der Waals surface area (Å²) >= 11 is 0. The molecular weight excluding hydrogens is 540 g/mol. The lowest BCUT2D eigenvalue weighted by atomic mass is 9.84. The molecule has 0 bridgehead atoms. The van der Waals surface area contributed by atoms with E-state index in [1.165, 1.54) is 0 Å². The monoisotopic (exact) mass is 572 g/mol. The number of rotatable bonds is 8. The second kappa shape index (κ2) is 12.4. The van der Waals surface area contributed by atoms with E-state index in [4.69, 9.17) is 28.4 Å². The van der Waals surface area contributed by atoms with Crippen LogP contribution in [0.1, 0.15) is 51.0 Å². The van der Waals surface area contributed by atoms with Crippen molar-refractivity contribution in [3.63, 3.8) is 0 Å². The van der Waals surface area contributed by atoms with Crippen molar-refractivity contribution >= 4 is 23.9 Å². The molecule has 1 aliphatic heterocycles. The minimum absolute atomic E-state index is 0.322. The van der Waals surface area contributed by atoms with Gasteiger partial charge in [0.2, 0.25) is 12.2 Å². The van der Waals surface area contributed by atoms with E-state index in [9.17, 15) is 29.4 Å². The molecule has 4 rings (SSSR count). The van der Waals surface area contributed by atoms with Gasteiger partial charge in [-0.15, -0.1) is 0 Å². The first-order valence-electron chi connectivity index (χ1n) is 12.9. The van der Waals surface area contributed by atoms with Gasteiger partial charge in [0.1, 0.15) is 24.4 Å². The summed E-state index contributed by atoms with van der Waals surface area (Å²) in [6.45, 7) is 5.37. The second-order valence-corrected chi connectivity index (χ2v) is 10.1. The van der Waals surface area contributed by atoms with E-state index in [2.05, 4.69) is 0 Å². The average molecular weight is 573 g/mol. The Morgan fingerprint density at radius 3 is 1.34 bits per heavy atom. The molecule has 2 fully saturated rings. The summed E-state index contributed by atoms with van der Waals surface area (Å²) < 4.78 is 33.4. The van der Waals surface area contributed by atoms with Crippen LogP contribution in [0, 0.1) is 0 Å². The van der Waals surface area contributed by atoms with Gasteiger partial charge in [-0.05, 0) is 13.8 Å². The fraction of sp³-hybridized carbons (Fsp3) is 0.448. The zero-order valence-corrected chi connectivity index (χ0v) is 22.9. The molecule has 1 saturated heterocycles. The Labute approximate surface area is 236 Å². The van der Waals surface area contributed by atoms with Gasteiger partial charge in [0.15, 0.2) is 18.0 Å². The normalized spacial score (nSPS) is 28.0. The highest BCUT2D eigenvalue weighted by atomic mass is 16.8. The molecule has 2 N–H and O–H groups in total. The summed E-state index contributed by atoms with van der Waals surface area (Å²) in [7, 11) is 0. The number of hydrogen-bond acceptors (Lipinski definition) is 12. The Balaban J connectivity index is 1.59. The van der Waals surface area contributed by atoms with Crippen LogP contribution in [0.4, 0.5) is 0 Å². The topological polar surface area (TPSA) is 164 Å². The number of carbonyl (C=O) groups excluding carboxylic acids is 4. The van der Waals surface area contributed by atoms with Crippen LogP contribution in [0.5, 0.6) is 0 Å². The second-order valence-electron chi connectivity index (χ2n) is 10.1. The van der Waals surface area contributed by atoms with E-state index in [1.54, 1.807) is 74.5 Å². The molecule has 0 spiro atoms. The fourth-order valence-corrected chi connectivity index (χ4v) is 4.86. The van der Waals surface area contributed by atoms with Crippen molar-refractivity contribution in [1.82, 2.24) is 0 Å². The fourth-order valence-electron chi connectivity index (χ4n) is 4.86. The zero-order chi connectivity index (χ0) is 29.9. The van der Waals surface area contributed by atoms with Crippen molar-refractivity contribution in [2.45, 2.75) is 82.3 Å². The number of benzene rings is 2. The van der Waals surface area contributed by atoms with Gasteiger partial charge < -0.3 is 38.6 Å². The standard InChI is InChI=1S/C29H32O12/c1-15(30)36-21(17-11-7-5-8-12-17)27(34)38-23-19(32)20(33)24(26-25(23)40-29(3,4)41-26)39-28(35)22(37-16(2)31)18-13-9-6-10-14-18/h5-14,19-26,32-33H,1-4H3/t19-,20-,21-,22-,23+,24+,25-,26+/m0/s1. The van der Waals surface area contributed by atoms with Gasteiger partial charge in [0.05, 0.1) is 0 Å². The van der Waals surface area contributed by atoms with Gasteiger partial charge >= 0.3 is 23.9 Å². The number of aliphatic hydroxyl groups is 2. The molecule has 12 nitrogen and oxygen atoms in total. The molecule has 0 aromatic heterocycles. The van der Waals surface area contributed by atoms with Crippen LogP contribution in [-0.2, 0) is 47.6 Å². The van der Waals surface area contributed by atoms with E-state index >= 15 is 0 Å². The third-order valence-electron chi connectivity index (χ3n) is 6.54. The Morgan fingerprint density at radius 2 is 1.02 bits per heavy atom. The molecule has 0 amide bonds. The first-order valence-corrected chi connectivity index (χ1v) is 12.9. The molecule has 0 radical (unpaired) electrons. The summed E-state index contributed by atoms with van der Waals surface area (Å²) in [5.74, 6) is -4.83. The van der Waals surface area contributed by atoms with Crippen LogP contribution < -0.4 is 0 Å². The van der Waals surface area contributed by atoms with Crippen molar-refractivity contribution in [3.05, 3.63) is 71.8 Å². The molecular formula is C29H32O12. The number of hydrogen-bond donors (Lipinski definition) is 2. The van der Waals surface area contributed by atoms with Gasteiger partial charge in [0, 0.05) is 25.0 Å². The lowest BCUT2D eigenvalue weighted by Gasteiger charge is -2.42. The van der Waals surface area contributed by atoms with Crippen molar-refractivity contribution < 1.29 is 57.8 Å². The van der Waals surface area contributed by atoms with Gasteiger partial charge in [-0.25, -0.2) is 9.59 Å². The average Bonchev–Trinajstić information content (AvgIpc) is 3.26. The maximum Gasteiger partial charge on any atom is 0.352 e. The maximum atomic E-state index is 13.2. The lowest BCUT2D eigenvalue weighted by Crippen LogP contribution is -2.65. The molecule has 1 saturated carbocycles. The largest absolute Gasteiger partial charge is 0.454 e. The van der Waals surface area contributed by atoms with Crippen molar-refractivity contribution in [2.75, 3.05) is 0 Å². The zero-order valence-electron chi connectivity index (χ0n) is 22.9. The van der Waals surface area contributed by atoms with Crippen molar-refractivity contribution in [3.8, 4) is 0 Å². The van der Waals surface area contributed by atoms with Crippen LogP contribution in [0.3, 0.4) is 0 Å². The highest BCUT2D eigenvalue weighted by Gasteiger charge is 2.61. The lowest BCUT2D eigenvalue weighted by molar-refractivity contribution is -0.227. The summed E-state index contributed by atoms with van der Waals surface area (Å²) in [6, 6.07) is 16.2. The van der Waals surface area contributed by atoms with Gasteiger partial charge in [-0.1, -0.05) is 60.7 Å². The Kier molecular flexibility index (Phi) is 9.08. The molecule has 2 aromatic rings. The van der Waals surface area contributed by atoms with E-state index in [0.29, 0.717) is 11.1 Å². The predicted octanol–water partition coefficient (Wildman–Crippen LogP) is 1.67. The van der Waals surface area contributed by atoms with E-state index < -0.39 is 78.5 Å². The highest BCUT2D eigenvalue weighted by molar-refractivity contribution is 5.81. The minimum atomic E-state index is -1.81. The molecule has 1 aliphatic carbocycles. The predicted molar refractivity (Wildman–Crippen MR) is 137 cm³/mol. The number of esters is 4. The smallest absolute Gasteiger partial charge is 0.352 e. The molecule has 8 atom stereocenters. The van der Waals surface area contributed by atoms with Crippen LogP contribution in [0.2, 0.25) is 0 Å². The summed E-state index contributed by atoms with van der Waals surface area (Å²) in [6.07, 6.45) is -12.0. The Hall–Kier alpha value is -3.84.